The number of aliphatic imine (C=N–C) groups is 1. The van der Waals surface area contributed by atoms with Gasteiger partial charge in [-0.15, -0.1) is 24.0 Å². The van der Waals surface area contributed by atoms with Gasteiger partial charge >= 0.3 is 0 Å². The number of halogens is 1. The minimum Gasteiger partial charge on any atom is -0.379 e. The molecule has 138 valence electrons. The van der Waals surface area contributed by atoms with Gasteiger partial charge in [-0.1, -0.05) is 26.7 Å². The Kier molecular flexibility index (Phi) is 15.4. The van der Waals surface area contributed by atoms with E-state index in [1.165, 1.54) is 19.3 Å². The van der Waals surface area contributed by atoms with Gasteiger partial charge in [-0.3, -0.25) is 4.99 Å². The summed E-state index contributed by atoms with van der Waals surface area (Å²) in [6.07, 6.45) is 6.02. The molecular formula is C17H36IN3O2. The van der Waals surface area contributed by atoms with Gasteiger partial charge in [0.25, 0.3) is 0 Å². The molecule has 0 aromatic carbocycles. The van der Waals surface area contributed by atoms with Gasteiger partial charge in [-0.05, 0) is 32.1 Å². The molecular weight excluding hydrogens is 405 g/mol. The van der Waals surface area contributed by atoms with Crippen LogP contribution in [0.5, 0.6) is 0 Å². The monoisotopic (exact) mass is 441 g/mol. The van der Waals surface area contributed by atoms with Crippen LogP contribution in [0.25, 0.3) is 0 Å². The van der Waals surface area contributed by atoms with Crippen molar-refractivity contribution in [3.05, 3.63) is 0 Å². The van der Waals surface area contributed by atoms with Gasteiger partial charge in [0.15, 0.2) is 5.96 Å². The zero-order valence-electron chi connectivity index (χ0n) is 15.1. The van der Waals surface area contributed by atoms with E-state index in [9.17, 15) is 0 Å². The molecule has 0 aromatic heterocycles. The van der Waals surface area contributed by atoms with Crippen molar-refractivity contribution in [3.8, 4) is 0 Å². The second kappa shape index (κ2) is 15.4. The van der Waals surface area contributed by atoms with Gasteiger partial charge in [-0.25, -0.2) is 0 Å². The Morgan fingerprint density at radius 3 is 2.65 bits per heavy atom. The van der Waals surface area contributed by atoms with Crippen molar-refractivity contribution in [2.75, 3.05) is 39.5 Å². The maximum Gasteiger partial charge on any atom is 0.191 e. The van der Waals surface area contributed by atoms with E-state index < -0.39 is 0 Å². The van der Waals surface area contributed by atoms with Gasteiger partial charge in [0, 0.05) is 32.8 Å². The molecule has 0 bridgehead atoms. The zero-order valence-corrected chi connectivity index (χ0v) is 17.4. The molecule has 1 atom stereocenters. The van der Waals surface area contributed by atoms with Gasteiger partial charge in [0.2, 0.25) is 0 Å². The largest absolute Gasteiger partial charge is 0.379 e. The Morgan fingerprint density at radius 1 is 1.26 bits per heavy atom. The van der Waals surface area contributed by atoms with E-state index in [4.69, 9.17) is 9.47 Å². The highest BCUT2D eigenvalue weighted by atomic mass is 127. The van der Waals surface area contributed by atoms with Crippen molar-refractivity contribution < 1.29 is 9.47 Å². The number of hydrogen-bond donors (Lipinski definition) is 2. The smallest absolute Gasteiger partial charge is 0.191 e. The molecule has 1 saturated heterocycles. The van der Waals surface area contributed by atoms with E-state index >= 15 is 0 Å². The van der Waals surface area contributed by atoms with Crippen LogP contribution in [-0.4, -0.2) is 51.5 Å². The first-order chi connectivity index (χ1) is 10.8. The molecule has 2 N–H and O–H groups in total. The molecule has 0 aliphatic carbocycles. The lowest BCUT2D eigenvalue weighted by Crippen LogP contribution is -2.38. The van der Waals surface area contributed by atoms with Gasteiger partial charge in [0.05, 0.1) is 12.7 Å². The first-order valence-corrected chi connectivity index (χ1v) is 9.01. The summed E-state index contributed by atoms with van der Waals surface area (Å²) in [5.74, 6) is 1.61. The van der Waals surface area contributed by atoms with Crippen LogP contribution in [0.2, 0.25) is 0 Å². The number of nitrogens with zero attached hydrogens (tertiary/aromatic N) is 1. The summed E-state index contributed by atoms with van der Waals surface area (Å²) in [6, 6.07) is 0. The summed E-state index contributed by atoms with van der Waals surface area (Å²) < 4.78 is 11.2. The van der Waals surface area contributed by atoms with E-state index in [1.54, 1.807) is 0 Å². The predicted molar refractivity (Wildman–Crippen MR) is 108 cm³/mol. The second-order valence-corrected chi connectivity index (χ2v) is 5.89. The molecule has 1 rings (SSSR count). The zero-order chi connectivity index (χ0) is 16.0. The summed E-state index contributed by atoms with van der Waals surface area (Å²) in [5, 5.41) is 6.68. The molecule has 1 unspecified atom stereocenters. The molecule has 0 aromatic rings. The van der Waals surface area contributed by atoms with Crippen LogP contribution in [0.4, 0.5) is 0 Å². The standard InChI is InChI=1S/C17H35N3O2.HI/c1-4-15(5-2)13-20-17(18-6-3)19-10-8-11-21-14-16-9-7-12-22-16;/h15-16H,4-14H2,1-3H3,(H2,18,19,20);1H. The lowest BCUT2D eigenvalue weighted by atomic mass is 10.0. The Balaban J connectivity index is 0.00000484. The predicted octanol–water partition coefficient (Wildman–Crippen LogP) is 3.18. The summed E-state index contributed by atoms with van der Waals surface area (Å²) in [5.41, 5.74) is 0. The molecule has 1 heterocycles. The van der Waals surface area contributed by atoms with Crippen molar-refractivity contribution in [1.82, 2.24) is 10.6 Å². The third-order valence-electron chi connectivity index (χ3n) is 4.09. The summed E-state index contributed by atoms with van der Waals surface area (Å²) >= 11 is 0. The van der Waals surface area contributed by atoms with Crippen LogP contribution in [0, 0.1) is 5.92 Å². The highest BCUT2D eigenvalue weighted by Crippen LogP contribution is 2.11. The highest BCUT2D eigenvalue weighted by Gasteiger charge is 2.14. The normalized spacial score (nSPS) is 18.1. The number of nitrogens with one attached hydrogen (secondary N) is 2. The fourth-order valence-electron chi connectivity index (χ4n) is 2.48. The molecule has 6 heteroatoms. The fourth-order valence-corrected chi connectivity index (χ4v) is 2.48. The third-order valence-corrected chi connectivity index (χ3v) is 4.09. The first kappa shape index (κ1) is 22.9. The van der Waals surface area contributed by atoms with E-state index in [0.29, 0.717) is 12.0 Å². The minimum absolute atomic E-state index is 0. The lowest BCUT2D eigenvalue weighted by molar-refractivity contribution is 0.0168. The molecule has 0 saturated carbocycles. The van der Waals surface area contributed by atoms with E-state index in [1.807, 2.05) is 0 Å². The SMILES string of the molecule is CCNC(=NCC(CC)CC)NCCCOCC1CCCO1.I. The van der Waals surface area contributed by atoms with E-state index in [0.717, 1.165) is 58.3 Å². The third kappa shape index (κ3) is 11.2. The maximum absolute atomic E-state index is 5.67. The Hall–Kier alpha value is -0.0800. The molecule has 1 aliphatic rings. The van der Waals surface area contributed by atoms with Gasteiger partial charge < -0.3 is 20.1 Å². The summed E-state index contributed by atoms with van der Waals surface area (Å²) in [7, 11) is 0. The average Bonchev–Trinajstić information content (AvgIpc) is 3.04. The molecule has 0 radical (unpaired) electrons. The van der Waals surface area contributed by atoms with Crippen molar-refractivity contribution in [3.63, 3.8) is 0 Å². The topological polar surface area (TPSA) is 54.9 Å². The maximum atomic E-state index is 5.67. The minimum atomic E-state index is 0. The van der Waals surface area contributed by atoms with E-state index in [-0.39, 0.29) is 24.0 Å². The molecule has 1 fully saturated rings. The van der Waals surface area contributed by atoms with Gasteiger partial charge in [0.1, 0.15) is 0 Å². The Labute approximate surface area is 159 Å². The van der Waals surface area contributed by atoms with Crippen molar-refractivity contribution in [2.24, 2.45) is 10.9 Å². The number of guanidine groups is 1. The number of rotatable bonds is 11. The summed E-state index contributed by atoms with van der Waals surface area (Å²) in [6.45, 7) is 11.7. The van der Waals surface area contributed by atoms with Crippen LogP contribution in [0.1, 0.15) is 52.9 Å². The lowest BCUT2D eigenvalue weighted by Gasteiger charge is -2.14. The Bertz CT molecular complexity index is 294. The average molecular weight is 441 g/mol. The quantitative estimate of drug-likeness (QED) is 0.224. The van der Waals surface area contributed by atoms with Crippen LogP contribution < -0.4 is 10.6 Å². The van der Waals surface area contributed by atoms with Gasteiger partial charge in [-0.2, -0.15) is 0 Å². The molecule has 23 heavy (non-hydrogen) atoms. The summed E-state index contributed by atoms with van der Waals surface area (Å²) in [4.78, 5) is 4.67. The molecule has 0 spiro atoms. The fraction of sp³-hybridized carbons (Fsp3) is 0.941. The van der Waals surface area contributed by atoms with Crippen LogP contribution in [0.3, 0.4) is 0 Å². The number of ether oxygens (including phenoxy) is 2. The molecule has 1 aliphatic heterocycles. The van der Waals surface area contributed by atoms with Crippen molar-refractivity contribution in [1.29, 1.82) is 0 Å². The van der Waals surface area contributed by atoms with Crippen molar-refractivity contribution in [2.45, 2.75) is 59.0 Å². The second-order valence-electron chi connectivity index (χ2n) is 5.89. The van der Waals surface area contributed by atoms with E-state index in [2.05, 4.69) is 36.4 Å². The first-order valence-electron chi connectivity index (χ1n) is 9.01. The number of hydrogen-bond acceptors (Lipinski definition) is 3. The van der Waals surface area contributed by atoms with Crippen LogP contribution in [-0.2, 0) is 9.47 Å². The Morgan fingerprint density at radius 2 is 2.04 bits per heavy atom. The van der Waals surface area contributed by atoms with Crippen LogP contribution in [0.15, 0.2) is 4.99 Å². The van der Waals surface area contributed by atoms with Crippen molar-refractivity contribution >= 4 is 29.9 Å². The van der Waals surface area contributed by atoms with Crippen LogP contribution >= 0.6 is 24.0 Å². The highest BCUT2D eigenvalue weighted by molar-refractivity contribution is 14.0. The molecule has 5 nitrogen and oxygen atoms in total. The molecule has 0 amide bonds.